The van der Waals surface area contributed by atoms with E-state index in [9.17, 15) is 23.1 Å². The molecule has 1 aliphatic carbocycles. The SMILES string of the molecule is C[C@@H]1CN([C@H](C)CO)C(=O)Cc2cc(NC(=O)NC3CCCCC3)ccc2O[C@H]1CN(C)S(=O)(=O)c1cccs1. The summed E-state index contributed by atoms with van der Waals surface area (Å²) in [6.45, 7) is 3.85. The third kappa shape index (κ3) is 7.34. The number of benzene rings is 1. The summed E-state index contributed by atoms with van der Waals surface area (Å²) in [5.74, 6) is 0.0371. The van der Waals surface area contributed by atoms with Crippen molar-refractivity contribution in [1.29, 1.82) is 0 Å². The van der Waals surface area contributed by atoms with Crippen molar-refractivity contribution in [3.05, 3.63) is 41.3 Å². The normalized spacial score (nSPS) is 21.5. The number of urea groups is 1. The Morgan fingerprint density at radius 1 is 1.25 bits per heavy atom. The van der Waals surface area contributed by atoms with E-state index < -0.39 is 22.2 Å². The molecule has 2 heterocycles. The van der Waals surface area contributed by atoms with Crippen molar-refractivity contribution >= 4 is 39.0 Å². The van der Waals surface area contributed by atoms with Crippen LogP contribution in [0.4, 0.5) is 10.5 Å². The van der Waals surface area contributed by atoms with Gasteiger partial charge in [0.15, 0.2) is 0 Å². The van der Waals surface area contributed by atoms with E-state index >= 15 is 0 Å². The lowest BCUT2D eigenvalue weighted by Gasteiger charge is -2.33. The number of rotatable bonds is 8. The number of fused-ring (bicyclic) bond motifs is 1. The number of nitrogens with one attached hydrogen (secondary N) is 2. The molecule has 0 unspecified atom stereocenters. The third-order valence-corrected chi connectivity index (χ3v) is 10.9. The fourth-order valence-corrected chi connectivity index (χ4v) is 7.62. The molecule has 12 heteroatoms. The molecule has 1 aromatic carbocycles. The molecular weight excluding hydrogens is 552 g/mol. The number of thiophene rings is 1. The van der Waals surface area contributed by atoms with Crippen LogP contribution in [0.1, 0.15) is 51.5 Å². The fraction of sp³-hybridized carbons (Fsp3) is 0.571. The number of sulfonamides is 1. The second kappa shape index (κ2) is 13.3. The first-order valence-electron chi connectivity index (χ1n) is 13.9. The molecule has 220 valence electrons. The maximum Gasteiger partial charge on any atom is 0.319 e. The minimum Gasteiger partial charge on any atom is -0.488 e. The van der Waals surface area contributed by atoms with Crippen molar-refractivity contribution in [2.75, 3.05) is 32.1 Å². The number of aliphatic hydroxyl groups is 1. The molecule has 2 aliphatic rings. The van der Waals surface area contributed by atoms with Crippen LogP contribution in [0.3, 0.4) is 0 Å². The van der Waals surface area contributed by atoms with Gasteiger partial charge in [-0.3, -0.25) is 4.79 Å². The minimum atomic E-state index is -3.71. The number of nitrogens with zero attached hydrogens (tertiary/aromatic N) is 2. The van der Waals surface area contributed by atoms with E-state index in [0.29, 0.717) is 23.5 Å². The van der Waals surface area contributed by atoms with Crippen molar-refractivity contribution < 1.29 is 27.9 Å². The van der Waals surface area contributed by atoms with Crippen molar-refractivity contribution in [3.8, 4) is 5.75 Å². The van der Waals surface area contributed by atoms with E-state index in [1.165, 1.54) is 17.8 Å². The quantitative estimate of drug-likeness (QED) is 0.429. The number of aliphatic hydroxyl groups excluding tert-OH is 1. The molecule has 0 radical (unpaired) electrons. The zero-order chi connectivity index (χ0) is 28.9. The van der Waals surface area contributed by atoms with Gasteiger partial charge in [-0.25, -0.2) is 13.2 Å². The summed E-state index contributed by atoms with van der Waals surface area (Å²) in [5.41, 5.74) is 1.12. The Labute approximate surface area is 240 Å². The van der Waals surface area contributed by atoms with Crippen LogP contribution in [-0.2, 0) is 21.2 Å². The number of carbonyl (C=O) groups excluding carboxylic acids is 2. The summed E-state index contributed by atoms with van der Waals surface area (Å²) < 4.78 is 34.2. The Balaban J connectivity index is 1.58. The summed E-state index contributed by atoms with van der Waals surface area (Å²) in [7, 11) is -2.18. The minimum absolute atomic E-state index is 0.0161. The predicted octanol–water partition coefficient (Wildman–Crippen LogP) is 3.67. The van der Waals surface area contributed by atoms with Crippen LogP contribution in [-0.4, -0.2) is 79.6 Å². The maximum atomic E-state index is 13.4. The number of amides is 3. The van der Waals surface area contributed by atoms with E-state index in [1.807, 2.05) is 6.92 Å². The number of likely N-dealkylation sites (N-methyl/N-ethyl adjacent to an activating group) is 1. The molecule has 0 bridgehead atoms. The largest absolute Gasteiger partial charge is 0.488 e. The summed E-state index contributed by atoms with van der Waals surface area (Å²) >= 11 is 1.15. The molecule has 3 amide bonds. The van der Waals surface area contributed by atoms with Gasteiger partial charge < -0.3 is 25.4 Å². The summed E-state index contributed by atoms with van der Waals surface area (Å²) in [6.07, 6.45) is 4.78. The lowest BCUT2D eigenvalue weighted by molar-refractivity contribution is -0.134. The van der Waals surface area contributed by atoms with Crippen LogP contribution in [0.2, 0.25) is 0 Å². The molecule has 1 fully saturated rings. The van der Waals surface area contributed by atoms with Gasteiger partial charge in [-0.1, -0.05) is 32.3 Å². The van der Waals surface area contributed by atoms with Crippen molar-refractivity contribution in [1.82, 2.24) is 14.5 Å². The van der Waals surface area contributed by atoms with Crippen molar-refractivity contribution in [2.24, 2.45) is 5.92 Å². The van der Waals surface area contributed by atoms with Gasteiger partial charge in [-0.15, -0.1) is 11.3 Å². The summed E-state index contributed by atoms with van der Waals surface area (Å²) in [4.78, 5) is 27.7. The fourth-order valence-electron chi connectivity index (χ4n) is 5.24. The van der Waals surface area contributed by atoms with Crippen LogP contribution in [0.25, 0.3) is 0 Å². The molecule has 1 saturated carbocycles. The molecule has 4 rings (SSSR count). The second-order valence-electron chi connectivity index (χ2n) is 10.9. The number of hydrogen-bond acceptors (Lipinski definition) is 7. The molecule has 3 atom stereocenters. The van der Waals surface area contributed by atoms with E-state index in [-0.39, 0.29) is 47.7 Å². The molecule has 1 aliphatic heterocycles. The number of hydrogen-bond donors (Lipinski definition) is 3. The summed E-state index contributed by atoms with van der Waals surface area (Å²) in [5, 5.41) is 17.5. The van der Waals surface area contributed by atoms with Gasteiger partial charge in [0.25, 0.3) is 10.0 Å². The molecule has 0 saturated heterocycles. The van der Waals surface area contributed by atoms with Gasteiger partial charge in [0.2, 0.25) is 5.91 Å². The number of carbonyl (C=O) groups is 2. The number of anilines is 1. The lowest BCUT2D eigenvalue weighted by atomic mass is 9.96. The zero-order valence-corrected chi connectivity index (χ0v) is 25.0. The van der Waals surface area contributed by atoms with E-state index in [0.717, 1.165) is 37.0 Å². The van der Waals surface area contributed by atoms with Gasteiger partial charge in [-0.05, 0) is 49.4 Å². The highest BCUT2D eigenvalue weighted by atomic mass is 32.2. The Morgan fingerprint density at radius 3 is 2.67 bits per heavy atom. The first-order chi connectivity index (χ1) is 19.1. The molecule has 1 aromatic heterocycles. The first-order valence-corrected chi connectivity index (χ1v) is 16.2. The predicted molar refractivity (Wildman–Crippen MR) is 155 cm³/mol. The molecule has 10 nitrogen and oxygen atoms in total. The van der Waals surface area contributed by atoms with Crippen LogP contribution in [0, 0.1) is 5.92 Å². The number of ether oxygens (including phenoxy) is 1. The second-order valence-corrected chi connectivity index (χ2v) is 14.1. The van der Waals surface area contributed by atoms with Crippen LogP contribution >= 0.6 is 11.3 Å². The van der Waals surface area contributed by atoms with Crippen LogP contribution < -0.4 is 15.4 Å². The van der Waals surface area contributed by atoms with Gasteiger partial charge >= 0.3 is 6.03 Å². The average Bonchev–Trinajstić information content (AvgIpc) is 3.49. The van der Waals surface area contributed by atoms with Crippen LogP contribution in [0.15, 0.2) is 39.9 Å². The zero-order valence-electron chi connectivity index (χ0n) is 23.3. The molecule has 3 N–H and O–H groups in total. The van der Waals surface area contributed by atoms with Gasteiger partial charge in [-0.2, -0.15) is 4.31 Å². The third-order valence-electron chi connectivity index (χ3n) is 7.71. The van der Waals surface area contributed by atoms with Gasteiger partial charge in [0.05, 0.1) is 25.6 Å². The van der Waals surface area contributed by atoms with Gasteiger partial charge in [0, 0.05) is 36.8 Å². The van der Waals surface area contributed by atoms with Crippen molar-refractivity contribution in [2.45, 2.75) is 74.8 Å². The highest BCUT2D eigenvalue weighted by Gasteiger charge is 2.33. The standard InChI is InChI=1S/C28H40N4O6S2/c1-19-16-32(20(2)18-33)26(34)15-21-14-23(30-28(35)29-22-8-5-4-6-9-22)11-12-24(21)38-25(19)17-31(3)40(36,37)27-10-7-13-39-27/h7,10-14,19-20,22,25,33H,4-6,8-9,15-18H2,1-3H3,(H2,29,30,35)/t19-,20-,25+/m1/s1. The van der Waals surface area contributed by atoms with E-state index in [4.69, 9.17) is 4.74 Å². The van der Waals surface area contributed by atoms with E-state index in [1.54, 1.807) is 47.5 Å². The topological polar surface area (TPSA) is 128 Å². The first kappa shape index (κ1) is 30.3. The maximum absolute atomic E-state index is 13.4. The van der Waals surface area contributed by atoms with Gasteiger partial charge in [0.1, 0.15) is 16.1 Å². The highest BCUT2D eigenvalue weighted by molar-refractivity contribution is 7.91. The van der Waals surface area contributed by atoms with Crippen molar-refractivity contribution in [3.63, 3.8) is 0 Å². The Kier molecular flexibility index (Phi) is 10.1. The van der Waals surface area contributed by atoms with E-state index in [2.05, 4.69) is 10.6 Å². The molecular formula is C28H40N4O6S2. The molecule has 2 aromatic rings. The monoisotopic (exact) mass is 592 g/mol. The lowest BCUT2D eigenvalue weighted by Crippen LogP contribution is -2.48. The smallest absolute Gasteiger partial charge is 0.319 e. The molecule has 0 spiro atoms. The average molecular weight is 593 g/mol. The molecule has 40 heavy (non-hydrogen) atoms. The Morgan fingerprint density at radius 2 is 2.00 bits per heavy atom. The van der Waals surface area contributed by atoms with Crippen LogP contribution in [0.5, 0.6) is 5.75 Å². The highest BCUT2D eigenvalue weighted by Crippen LogP contribution is 2.30. The Hall–Kier alpha value is -2.67. The Bertz CT molecular complexity index is 1260. The summed E-state index contributed by atoms with van der Waals surface area (Å²) in [6, 6.07) is 7.89.